The Balaban J connectivity index is 1.03. The molecule has 2 aromatic heterocycles. The number of hydrogen-bond donors (Lipinski definition) is 11. The van der Waals surface area contributed by atoms with E-state index in [0.717, 1.165) is 80.4 Å². The van der Waals surface area contributed by atoms with Crippen LogP contribution in [0.4, 0.5) is 5.82 Å². The van der Waals surface area contributed by atoms with Crippen molar-refractivity contribution in [1.82, 2.24) is 30.2 Å². The number of aliphatic hydroxyl groups is 4. The van der Waals surface area contributed by atoms with Crippen molar-refractivity contribution in [1.29, 1.82) is 0 Å². The number of fused-ring (bicyclic) bond motifs is 1. The van der Waals surface area contributed by atoms with E-state index in [2.05, 4.69) is 34.4 Å². The number of rotatable bonds is 34. The highest BCUT2D eigenvalue weighted by Gasteiger charge is 2.50. The fourth-order valence-corrected chi connectivity index (χ4v) is 11.3. The van der Waals surface area contributed by atoms with Crippen molar-refractivity contribution in [3.8, 4) is 0 Å². The van der Waals surface area contributed by atoms with E-state index < -0.39 is 103 Å². The number of carbonyl (C=O) groups is 4. The Bertz CT molecular complexity index is 2330. The molecular formula is C42H72N7O22P3S. The third kappa shape index (κ3) is 22.0. The number of nitrogens with one attached hydrogen (secondary N) is 2. The van der Waals surface area contributed by atoms with Crippen molar-refractivity contribution < 1.29 is 105 Å². The molecule has 0 radical (unpaired) electrons. The van der Waals surface area contributed by atoms with Gasteiger partial charge < -0.3 is 70.6 Å². The molecule has 12 N–H and O–H groups in total. The van der Waals surface area contributed by atoms with Crippen LogP contribution in [0, 0.1) is 5.41 Å². The molecule has 29 nitrogen and oxygen atoms in total. The number of thioether (sulfide) groups is 1. The maximum absolute atomic E-state index is 12.8. The molecule has 2 amide bonds. The van der Waals surface area contributed by atoms with Gasteiger partial charge >= 0.3 is 23.5 Å². The van der Waals surface area contributed by atoms with Crippen molar-refractivity contribution in [2.45, 2.75) is 173 Å². The zero-order chi connectivity index (χ0) is 55.7. The number of nitrogens with two attached hydrogens (primary N) is 1. The number of nitrogen functional groups attached to an aromatic ring is 1. The highest BCUT2D eigenvalue weighted by Crippen LogP contribution is 2.61. The number of phosphoric ester groups is 3. The van der Waals surface area contributed by atoms with Gasteiger partial charge in [0.25, 0.3) is 0 Å². The summed E-state index contributed by atoms with van der Waals surface area (Å²) < 4.78 is 73.9. The Morgan fingerprint density at radius 2 is 1.55 bits per heavy atom. The van der Waals surface area contributed by atoms with E-state index in [4.69, 9.17) is 29.0 Å². The predicted molar refractivity (Wildman–Crippen MR) is 264 cm³/mol. The lowest BCUT2D eigenvalue weighted by Gasteiger charge is -2.36. The maximum Gasteiger partial charge on any atom is 0.481 e. The molecular weight excluding hydrogens is 1080 g/mol. The standard InChI is InChI=1S/C42H72N7O22P3S/c1-25(67-41-29(52)20-28(51)26(2)68-41)13-11-9-7-5-6-8-10-12-14-27(50)19-32(54)75-18-17-44-31(53)15-16-45-39(57)36(56)42(3,4)22-66-74(63,64)71-73(61,62)65-21-30-35(70-72(58,59)60)34(55)40(69-30)49-24-48-33-37(43)46-23-47-38(33)49/h23-26,28-30,34-36,40-41,51-52,55-56H,5-22H2,1-4H3,(H,44,53)(H,45,57)(H,61,62)(H,63,64)(H2,43,46,47)(H2,58,59,60)/t25-,26+,28-,29-,30-,34-,35-,36+,40-,41-/m1/s1. The number of ether oxygens (including phenoxy) is 3. The average Bonchev–Trinajstić information content (AvgIpc) is 3.88. The van der Waals surface area contributed by atoms with E-state index in [1.807, 2.05) is 6.92 Å². The summed E-state index contributed by atoms with van der Waals surface area (Å²) in [5, 5.41) is 46.1. The summed E-state index contributed by atoms with van der Waals surface area (Å²) in [5.41, 5.74) is 4.22. The van der Waals surface area contributed by atoms with Gasteiger partial charge in [-0.3, -0.25) is 37.3 Å². The van der Waals surface area contributed by atoms with Crippen LogP contribution in [-0.2, 0) is 65.0 Å². The van der Waals surface area contributed by atoms with Gasteiger partial charge in [0.2, 0.25) is 11.8 Å². The van der Waals surface area contributed by atoms with Crippen molar-refractivity contribution in [2.75, 3.05) is 37.8 Å². The first-order valence-electron chi connectivity index (χ1n) is 24.3. The summed E-state index contributed by atoms with van der Waals surface area (Å²) >= 11 is 0.911. The first kappa shape index (κ1) is 64.6. The summed E-state index contributed by atoms with van der Waals surface area (Å²) in [7, 11) is -16.5. The molecule has 33 heteroatoms. The van der Waals surface area contributed by atoms with E-state index in [0.29, 0.717) is 12.8 Å². The number of Topliss-reactive ketones (excluding diaryl/α,β-unsaturated/α-hetero) is 1. The zero-order valence-corrected chi connectivity index (χ0v) is 45.6. The largest absolute Gasteiger partial charge is 0.481 e. The molecule has 0 saturated carbocycles. The van der Waals surface area contributed by atoms with Crippen LogP contribution >= 0.6 is 35.2 Å². The van der Waals surface area contributed by atoms with Crippen LogP contribution in [0.3, 0.4) is 0 Å². The fraction of sp³-hybridized carbons (Fsp3) is 0.786. The molecule has 2 unspecified atom stereocenters. The van der Waals surface area contributed by atoms with Crippen LogP contribution in [0.25, 0.3) is 11.2 Å². The van der Waals surface area contributed by atoms with Crippen LogP contribution in [0.1, 0.15) is 117 Å². The third-order valence-electron chi connectivity index (χ3n) is 12.0. The summed E-state index contributed by atoms with van der Waals surface area (Å²) in [6.07, 6.45) is -0.889. The molecule has 12 atom stereocenters. The van der Waals surface area contributed by atoms with Crippen LogP contribution in [0.2, 0.25) is 0 Å². The van der Waals surface area contributed by atoms with Crippen LogP contribution < -0.4 is 16.4 Å². The molecule has 75 heavy (non-hydrogen) atoms. The quantitative estimate of drug-likeness (QED) is 0.0270. The number of carbonyl (C=O) groups excluding carboxylic acids is 4. The zero-order valence-electron chi connectivity index (χ0n) is 42.1. The molecule has 0 aromatic carbocycles. The molecule has 2 aliphatic heterocycles. The second kappa shape index (κ2) is 29.9. The molecule has 4 heterocycles. The number of hydrogen-bond acceptors (Lipinski definition) is 23. The molecule has 4 rings (SSSR count). The molecule has 2 saturated heterocycles. The number of unbranched alkanes of at least 4 members (excludes halogenated alkanes) is 7. The van der Waals surface area contributed by atoms with Gasteiger partial charge in [-0.25, -0.2) is 28.6 Å². The Labute approximate surface area is 437 Å². The van der Waals surface area contributed by atoms with E-state index in [-0.39, 0.29) is 78.2 Å². The predicted octanol–water partition coefficient (Wildman–Crippen LogP) is 1.79. The number of imidazole rings is 1. The molecule has 0 bridgehead atoms. The van der Waals surface area contributed by atoms with Gasteiger partial charge in [0, 0.05) is 43.5 Å². The van der Waals surface area contributed by atoms with Gasteiger partial charge in [-0.15, -0.1) is 0 Å². The number of aromatic nitrogens is 4. The molecule has 2 fully saturated rings. The smallest absolute Gasteiger partial charge is 0.390 e. The second-order valence-corrected chi connectivity index (χ2v) is 24.3. The molecule has 2 aliphatic rings. The van der Waals surface area contributed by atoms with Gasteiger partial charge in [-0.2, -0.15) is 4.31 Å². The van der Waals surface area contributed by atoms with Crippen LogP contribution in [0.15, 0.2) is 12.7 Å². The van der Waals surface area contributed by atoms with Crippen molar-refractivity contribution in [2.24, 2.45) is 5.41 Å². The Morgan fingerprint density at radius 3 is 2.23 bits per heavy atom. The van der Waals surface area contributed by atoms with Gasteiger partial charge in [0.1, 0.15) is 48.1 Å². The van der Waals surface area contributed by atoms with E-state index in [9.17, 15) is 72.9 Å². The number of ketones is 1. The van der Waals surface area contributed by atoms with Crippen molar-refractivity contribution in [3.63, 3.8) is 0 Å². The van der Waals surface area contributed by atoms with E-state index >= 15 is 0 Å². The topological polar surface area (TPSA) is 440 Å². The molecule has 2 aromatic rings. The average molecular weight is 1150 g/mol. The van der Waals surface area contributed by atoms with Gasteiger partial charge in [-0.1, -0.05) is 70.6 Å². The molecule has 428 valence electrons. The molecule has 0 aliphatic carbocycles. The normalized spacial score (nSPS) is 24.8. The number of nitrogens with zero attached hydrogens (tertiary/aromatic N) is 4. The second-order valence-electron chi connectivity index (χ2n) is 18.9. The van der Waals surface area contributed by atoms with Crippen LogP contribution in [-0.4, -0.2) is 169 Å². The number of anilines is 1. The summed E-state index contributed by atoms with van der Waals surface area (Å²) in [6, 6.07) is 0. The fourth-order valence-electron chi connectivity index (χ4n) is 7.77. The monoisotopic (exact) mass is 1150 g/mol. The maximum atomic E-state index is 12.8. The molecule has 0 spiro atoms. The number of phosphoric acid groups is 3. The summed E-state index contributed by atoms with van der Waals surface area (Å²) in [5.74, 6) is -1.51. The number of aliphatic hydroxyl groups excluding tert-OH is 4. The van der Waals surface area contributed by atoms with Gasteiger partial charge in [-0.05, 0) is 26.7 Å². The summed E-state index contributed by atoms with van der Waals surface area (Å²) in [4.78, 5) is 101. The highest BCUT2D eigenvalue weighted by molar-refractivity contribution is 8.13. The minimum atomic E-state index is -5.60. The lowest BCUT2D eigenvalue weighted by atomic mass is 9.87. The lowest BCUT2D eigenvalue weighted by molar-refractivity contribution is -0.273. The Kier molecular flexibility index (Phi) is 25.7. The minimum absolute atomic E-state index is 0.0196. The first-order valence-corrected chi connectivity index (χ1v) is 29.8. The van der Waals surface area contributed by atoms with E-state index in [1.165, 1.54) is 13.8 Å². The van der Waals surface area contributed by atoms with Crippen molar-refractivity contribution in [3.05, 3.63) is 12.7 Å². The minimum Gasteiger partial charge on any atom is -0.390 e. The lowest BCUT2D eigenvalue weighted by Crippen LogP contribution is -2.48. The Morgan fingerprint density at radius 1 is 0.893 bits per heavy atom. The summed E-state index contributed by atoms with van der Waals surface area (Å²) in [6.45, 7) is 3.95. The van der Waals surface area contributed by atoms with Gasteiger partial charge in [0.15, 0.2) is 29.1 Å². The van der Waals surface area contributed by atoms with Crippen molar-refractivity contribution >= 4 is 74.9 Å². The third-order valence-corrected chi connectivity index (χ3v) is 16.0. The first-order chi connectivity index (χ1) is 35.1. The van der Waals surface area contributed by atoms with Gasteiger partial charge in [0.05, 0.1) is 44.3 Å². The SMILES string of the molecule is C[C@H](CCCCCCCCCCC(=O)CC(=O)SCCNC(=O)CCNC(=O)[C@H](O)C(C)(C)COP(=O)(O)OP(=O)(O)OC[C@H]1O[C@@H](n2cnc3c(N)ncnc32)[C@H](O)[C@@H]1OP(=O)(O)O)O[C@@H]1O[C@@H](C)[C@H](O)C[C@H]1O. The Hall–Kier alpha value is -2.93. The highest BCUT2D eigenvalue weighted by atomic mass is 32.2. The van der Waals surface area contributed by atoms with E-state index in [1.54, 1.807) is 6.92 Å². The van der Waals surface area contributed by atoms with Crippen LogP contribution in [0.5, 0.6) is 0 Å². The number of amides is 2.